The first kappa shape index (κ1) is 20.3. The summed E-state index contributed by atoms with van der Waals surface area (Å²) < 4.78 is 12.6. The molecule has 0 spiro atoms. The molecule has 9 nitrogen and oxygen atoms in total. The van der Waals surface area contributed by atoms with Gasteiger partial charge in [0.05, 0.1) is 30.6 Å². The lowest BCUT2D eigenvalue weighted by Gasteiger charge is -2.33. The molecule has 0 aliphatic carbocycles. The molecule has 3 aromatic heterocycles. The standard InChI is InChI=1S/C23H27N7O2/c1-14(2)32-20-9-6-16(12-25-20)29-10-4-5-15(13-29)21-27-22-18-8-7-17(31-3)11-19(18)26-23(24)30(22)28-21/h6-9,11-12,14-15H,4-5,10,13H2,1-3H3,(H2,24,26)/t15-/m1/s1. The van der Waals surface area contributed by atoms with Crippen molar-refractivity contribution in [3.8, 4) is 11.6 Å². The van der Waals surface area contributed by atoms with Crippen LogP contribution in [0.25, 0.3) is 16.6 Å². The molecular weight excluding hydrogens is 406 g/mol. The maximum Gasteiger partial charge on any atom is 0.223 e. The molecule has 4 aromatic rings. The van der Waals surface area contributed by atoms with Gasteiger partial charge in [0.25, 0.3) is 0 Å². The summed E-state index contributed by atoms with van der Waals surface area (Å²) >= 11 is 0. The molecule has 1 saturated heterocycles. The summed E-state index contributed by atoms with van der Waals surface area (Å²) in [7, 11) is 1.63. The van der Waals surface area contributed by atoms with Gasteiger partial charge in [-0.2, -0.15) is 4.52 Å². The van der Waals surface area contributed by atoms with Crippen molar-refractivity contribution < 1.29 is 9.47 Å². The number of rotatable bonds is 5. The molecule has 1 aliphatic rings. The molecule has 4 heterocycles. The Balaban J connectivity index is 1.43. The molecule has 166 valence electrons. The Morgan fingerprint density at radius 3 is 2.78 bits per heavy atom. The predicted octanol–water partition coefficient (Wildman–Crippen LogP) is 3.43. The third kappa shape index (κ3) is 3.74. The largest absolute Gasteiger partial charge is 0.497 e. The fourth-order valence-electron chi connectivity index (χ4n) is 4.22. The van der Waals surface area contributed by atoms with Gasteiger partial charge in [-0.05, 0) is 44.9 Å². The Hall–Kier alpha value is -3.62. The third-order valence-electron chi connectivity index (χ3n) is 5.75. The zero-order chi connectivity index (χ0) is 22.2. The summed E-state index contributed by atoms with van der Waals surface area (Å²) in [5.74, 6) is 2.68. The Morgan fingerprint density at radius 1 is 1.16 bits per heavy atom. The van der Waals surface area contributed by atoms with Gasteiger partial charge >= 0.3 is 0 Å². The molecule has 0 radical (unpaired) electrons. The molecule has 1 fully saturated rings. The first-order chi connectivity index (χ1) is 15.5. The monoisotopic (exact) mass is 433 g/mol. The van der Waals surface area contributed by atoms with Crippen molar-refractivity contribution in [2.45, 2.75) is 38.7 Å². The Bertz CT molecular complexity index is 1250. The van der Waals surface area contributed by atoms with E-state index in [0.717, 1.165) is 59.7 Å². The normalized spacial score (nSPS) is 16.8. The molecular formula is C23H27N7O2. The summed E-state index contributed by atoms with van der Waals surface area (Å²) in [5.41, 5.74) is 8.74. The number of hydrogen-bond donors (Lipinski definition) is 1. The second-order valence-electron chi connectivity index (χ2n) is 8.36. The Morgan fingerprint density at radius 2 is 2.03 bits per heavy atom. The van der Waals surface area contributed by atoms with E-state index >= 15 is 0 Å². The highest BCUT2D eigenvalue weighted by Gasteiger charge is 2.26. The number of nitrogen functional groups attached to an aromatic ring is 1. The summed E-state index contributed by atoms with van der Waals surface area (Å²) in [5, 5.41) is 5.63. The number of fused-ring (bicyclic) bond motifs is 3. The van der Waals surface area contributed by atoms with E-state index in [1.54, 1.807) is 11.6 Å². The fourth-order valence-corrected chi connectivity index (χ4v) is 4.22. The summed E-state index contributed by atoms with van der Waals surface area (Å²) in [6, 6.07) is 9.70. The van der Waals surface area contributed by atoms with Crippen molar-refractivity contribution in [1.82, 2.24) is 24.6 Å². The topological polar surface area (TPSA) is 104 Å². The highest BCUT2D eigenvalue weighted by Crippen LogP contribution is 2.31. The van der Waals surface area contributed by atoms with Crippen LogP contribution in [0.2, 0.25) is 0 Å². The van der Waals surface area contributed by atoms with Crippen LogP contribution in [0.15, 0.2) is 36.5 Å². The van der Waals surface area contributed by atoms with Gasteiger partial charge in [-0.15, -0.1) is 5.10 Å². The molecule has 0 saturated carbocycles. The van der Waals surface area contributed by atoms with Gasteiger partial charge < -0.3 is 20.1 Å². The van der Waals surface area contributed by atoms with Crippen molar-refractivity contribution in [2.24, 2.45) is 0 Å². The Kier molecular flexibility index (Phi) is 5.16. The van der Waals surface area contributed by atoms with Gasteiger partial charge in [0, 0.05) is 36.5 Å². The number of anilines is 2. The molecule has 1 aliphatic heterocycles. The fraction of sp³-hybridized carbons (Fsp3) is 0.391. The number of aromatic nitrogens is 5. The smallest absolute Gasteiger partial charge is 0.223 e. The number of hydrogen-bond acceptors (Lipinski definition) is 8. The van der Waals surface area contributed by atoms with E-state index in [4.69, 9.17) is 25.3 Å². The Labute approximate surface area is 186 Å². The summed E-state index contributed by atoms with van der Waals surface area (Å²) in [4.78, 5) is 16.2. The maximum absolute atomic E-state index is 6.20. The van der Waals surface area contributed by atoms with Crippen LogP contribution in [-0.2, 0) is 0 Å². The van der Waals surface area contributed by atoms with Gasteiger partial charge in [0.15, 0.2) is 11.5 Å². The quantitative estimate of drug-likeness (QED) is 0.510. The van der Waals surface area contributed by atoms with E-state index in [9.17, 15) is 0 Å². The second kappa shape index (κ2) is 8.14. The molecule has 0 amide bonds. The van der Waals surface area contributed by atoms with E-state index in [-0.39, 0.29) is 12.0 Å². The first-order valence-electron chi connectivity index (χ1n) is 10.9. The summed E-state index contributed by atoms with van der Waals surface area (Å²) in [6.07, 6.45) is 4.05. The van der Waals surface area contributed by atoms with Crippen molar-refractivity contribution in [1.29, 1.82) is 0 Å². The highest BCUT2D eigenvalue weighted by molar-refractivity contribution is 5.93. The van der Waals surface area contributed by atoms with E-state index in [1.165, 1.54) is 0 Å². The molecule has 9 heteroatoms. The first-order valence-corrected chi connectivity index (χ1v) is 10.9. The van der Waals surface area contributed by atoms with E-state index in [1.807, 2.05) is 44.3 Å². The van der Waals surface area contributed by atoms with Gasteiger partial charge in [-0.3, -0.25) is 0 Å². The number of pyridine rings is 1. The number of methoxy groups -OCH3 is 1. The predicted molar refractivity (Wildman–Crippen MR) is 123 cm³/mol. The molecule has 1 atom stereocenters. The lowest BCUT2D eigenvalue weighted by Crippen LogP contribution is -2.34. The number of piperidine rings is 1. The average Bonchev–Trinajstić information content (AvgIpc) is 3.25. The SMILES string of the molecule is COc1ccc2c(c1)nc(N)n1nc([C@@H]3CCCN(c4ccc(OC(C)C)nc4)C3)nc21. The third-order valence-corrected chi connectivity index (χ3v) is 5.75. The van der Waals surface area contributed by atoms with E-state index in [2.05, 4.69) is 20.9 Å². The summed E-state index contributed by atoms with van der Waals surface area (Å²) in [6.45, 7) is 5.79. The minimum absolute atomic E-state index is 0.105. The molecule has 2 N–H and O–H groups in total. The van der Waals surface area contributed by atoms with Gasteiger partial charge in [0.1, 0.15) is 5.75 Å². The van der Waals surface area contributed by atoms with Crippen molar-refractivity contribution in [3.63, 3.8) is 0 Å². The van der Waals surface area contributed by atoms with E-state index < -0.39 is 0 Å². The lowest BCUT2D eigenvalue weighted by atomic mass is 9.97. The number of nitrogens with zero attached hydrogens (tertiary/aromatic N) is 6. The van der Waals surface area contributed by atoms with Crippen molar-refractivity contribution >= 4 is 28.2 Å². The molecule has 0 bridgehead atoms. The van der Waals surface area contributed by atoms with Crippen LogP contribution in [0.4, 0.5) is 11.6 Å². The zero-order valence-corrected chi connectivity index (χ0v) is 18.5. The van der Waals surface area contributed by atoms with Gasteiger partial charge in [-0.1, -0.05) is 0 Å². The van der Waals surface area contributed by atoms with Crippen molar-refractivity contribution in [2.75, 3.05) is 30.8 Å². The van der Waals surface area contributed by atoms with E-state index in [0.29, 0.717) is 11.8 Å². The number of nitrogens with two attached hydrogens (primary N) is 1. The number of ether oxygens (including phenoxy) is 2. The highest BCUT2D eigenvalue weighted by atomic mass is 16.5. The molecule has 5 rings (SSSR count). The van der Waals surface area contributed by atoms with Crippen LogP contribution in [0.1, 0.15) is 38.4 Å². The van der Waals surface area contributed by atoms with Crippen molar-refractivity contribution in [3.05, 3.63) is 42.4 Å². The minimum atomic E-state index is 0.105. The zero-order valence-electron chi connectivity index (χ0n) is 18.5. The van der Waals surface area contributed by atoms with Crippen LogP contribution in [0.5, 0.6) is 11.6 Å². The van der Waals surface area contributed by atoms with Gasteiger partial charge in [0.2, 0.25) is 11.8 Å². The molecule has 1 aromatic carbocycles. The molecule has 32 heavy (non-hydrogen) atoms. The van der Waals surface area contributed by atoms with Gasteiger partial charge in [-0.25, -0.2) is 15.0 Å². The minimum Gasteiger partial charge on any atom is -0.497 e. The molecule has 0 unspecified atom stereocenters. The second-order valence-corrected chi connectivity index (χ2v) is 8.36. The van der Waals surface area contributed by atoms with Crippen LogP contribution in [-0.4, -0.2) is 50.9 Å². The average molecular weight is 434 g/mol. The van der Waals surface area contributed by atoms with Crippen LogP contribution >= 0.6 is 0 Å². The maximum atomic E-state index is 6.20. The lowest BCUT2D eigenvalue weighted by molar-refractivity contribution is 0.232. The van der Waals surface area contributed by atoms with Crippen LogP contribution < -0.4 is 20.1 Å². The number of benzene rings is 1. The van der Waals surface area contributed by atoms with Crippen LogP contribution in [0.3, 0.4) is 0 Å². The van der Waals surface area contributed by atoms with Crippen LogP contribution in [0, 0.1) is 0 Å².